The molecule has 4 N–H and O–H groups in total. The van der Waals surface area contributed by atoms with Crippen LogP contribution in [0.3, 0.4) is 0 Å². The van der Waals surface area contributed by atoms with Crippen LogP contribution in [-0.2, 0) is 6.54 Å². The van der Waals surface area contributed by atoms with Gasteiger partial charge in [0.05, 0.1) is 18.1 Å². The number of hydrogen-bond acceptors (Lipinski definition) is 7. The molecule has 0 bridgehead atoms. The summed E-state index contributed by atoms with van der Waals surface area (Å²) in [5.74, 6) is 5.87. The van der Waals surface area contributed by atoms with E-state index in [0.717, 1.165) is 11.3 Å². The molecule has 0 aliphatic carbocycles. The number of hydrogen-bond donors (Lipinski definition) is 3. The molecule has 1 aromatic carbocycles. The monoisotopic (exact) mass is 388 g/mol. The summed E-state index contributed by atoms with van der Waals surface area (Å²) in [6.07, 6.45) is 4.39. The van der Waals surface area contributed by atoms with E-state index in [1.165, 1.54) is 12.4 Å². The van der Waals surface area contributed by atoms with Crippen LogP contribution in [0.25, 0.3) is 0 Å². The van der Waals surface area contributed by atoms with Crippen molar-refractivity contribution >= 4 is 23.1 Å². The number of nitrogen functional groups attached to an aromatic ring is 1. The summed E-state index contributed by atoms with van der Waals surface area (Å²) in [5.41, 5.74) is 8.39. The van der Waals surface area contributed by atoms with E-state index in [1.54, 1.807) is 19.2 Å². The Labute approximate surface area is 168 Å². The number of nitrogens with one attached hydrogen (secondary N) is 2. The van der Waals surface area contributed by atoms with Crippen molar-refractivity contribution in [1.82, 2.24) is 15.0 Å². The van der Waals surface area contributed by atoms with E-state index in [0.29, 0.717) is 23.9 Å². The van der Waals surface area contributed by atoms with Gasteiger partial charge in [0, 0.05) is 18.4 Å². The number of benzene rings is 1. The molecule has 0 saturated carbocycles. The number of aromatic nitrogens is 3. The maximum absolute atomic E-state index is 12.4. The highest BCUT2D eigenvalue weighted by Crippen LogP contribution is 2.17. The third-order valence-corrected chi connectivity index (χ3v) is 3.84. The molecular weight excluding hydrogens is 368 g/mol. The van der Waals surface area contributed by atoms with E-state index in [2.05, 4.69) is 37.4 Å². The zero-order valence-corrected chi connectivity index (χ0v) is 15.8. The summed E-state index contributed by atoms with van der Waals surface area (Å²) in [6.45, 7) is 2.48. The quantitative estimate of drug-likeness (QED) is 0.533. The molecule has 1 amide bonds. The number of carbonyl (C=O) groups is 1. The van der Waals surface area contributed by atoms with Crippen LogP contribution in [-0.4, -0.2) is 27.5 Å². The van der Waals surface area contributed by atoms with Gasteiger partial charge < -0.3 is 21.1 Å². The highest BCUT2D eigenvalue weighted by atomic mass is 16.5. The van der Waals surface area contributed by atoms with Crippen molar-refractivity contribution < 1.29 is 9.53 Å². The van der Waals surface area contributed by atoms with Crippen molar-refractivity contribution in [3.05, 3.63) is 66.2 Å². The minimum Gasteiger partial charge on any atom is -0.463 e. The first-order valence-corrected chi connectivity index (χ1v) is 8.85. The second-order valence-electron chi connectivity index (χ2n) is 5.90. The Morgan fingerprint density at radius 3 is 2.83 bits per heavy atom. The normalized spacial score (nSPS) is 9.83. The summed E-state index contributed by atoms with van der Waals surface area (Å²) in [4.78, 5) is 24.6. The third kappa shape index (κ3) is 5.68. The lowest BCUT2D eigenvalue weighted by molar-refractivity contribution is 0.102. The molecule has 8 heteroatoms. The number of carbonyl (C=O) groups excluding carboxylic acids is 1. The Balaban J connectivity index is 1.59. The first-order valence-electron chi connectivity index (χ1n) is 8.85. The van der Waals surface area contributed by atoms with E-state index in [-0.39, 0.29) is 18.2 Å². The maximum Gasteiger partial charge on any atom is 0.275 e. The van der Waals surface area contributed by atoms with Crippen molar-refractivity contribution in [2.24, 2.45) is 0 Å². The third-order valence-electron chi connectivity index (χ3n) is 3.84. The predicted octanol–water partition coefficient (Wildman–Crippen LogP) is 2.72. The number of pyridine rings is 1. The minimum atomic E-state index is -0.362. The van der Waals surface area contributed by atoms with Crippen molar-refractivity contribution in [3.8, 4) is 17.7 Å². The van der Waals surface area contributed by atoms with Crippen LogP contribution in [0.2, 0.25) is 0 Å². The minimum absolute atomic E-state index is 0.186. The molecule has 0 fully saturated rings. The van der Waals surface area contributed by atoms with Gasteiger partial charge in [-0.05, 0) is 36.8 Å². The molecule has 2 aromatic heterocycles. The molecule has 29 heavy (non-hydrogen) atoms. The lowest BCUT2D eigenvalue weighted by Gasteiger charge is -2.10. The number of nitrogens with zero attached hydrogens (tertiary/aromatic N) is 3. The number of ether oxygens (including phenoxy) is 1. The van der Waals surface area contributed by atoms with Crippen LogP contribution in [0.5, 0.6) is 5.88 Å². The number of rotatable bonds is 7. The van der Waals surface area contributed by atoms with Gasteiger partial charge in [0.2, 0.25) is 5.88 Å². The topological polar surface area (TPSA) is 115 Å². The lowest BCUT2D eigenvalue weighted by Crippen LogP contribution is -2.14. The van der Waals surface area contributed by atoms with Gasteiger partial charge in [0.25, 0.3) is 5.91 Å². The molecule has 0 aliphatic heterocycles. The fourth-order valence-electron chi connectivity index (χ4n) is 2.41. The van der Waals surface area contributed by atoms with E-state index in [9.17, 15) is 4.79 Å². The molecule has 0 atom stereocenters. The molecular formula is C21H20N6O2. The van der Waals surface area contributed by atoms with Crippen LogP contribution in [0.1, 0.15) is 23.0 Å². The average molecular weight is 388 g/mol. The Morgan fingerprint density at radius 1 is 1.17 bits per heavy atom. The van der Waals surface area contributed by atoms with Gasteiger partial charge in [-0.15, -0.1) is 5.92 Å². The standard InChI is InChI=1S/C21H20N6O2/c1-2-3-10-29-19-14-25-18(13-26-19)21(28)27-16-7-4-6-15(11-16)12-24-17-8-5-9-23-20(17)22/h4-9,11,13-14,24H,10,12H2,1H3,(H2,22,23)(H,27,28). The van der Waals surface area contributed by atoms with Crippen LogP contribution in [0.15, 0.2) is 55.0 Å². The van der Waals surface area contributed by atoms with Crippen LogP contribution >= 0.6 is 0 Å². The highest BCUT2D eigenvalue weighted by molar-refractivity contribution is 6.02. The van der Waals surface area contributed by atoms with E-state index >= 15 is 0 Å². The molecule has 0 unspecified atom stereocenters. The summed E-state index contributed by atoms with van der Waals surface area (Å²) in [5, 5.41) is 6.03. The van der Waals surface area contributed by atoms with Crippen molar-refractivity contribution in [1.29, 1.82) is 0 Å². The van der Waals surface area contributed by atoms with Crippen LogP contribution in [0, 0.1) is 11.8 Å². The first-order chi connectivity index (χ1) is 14.2. The molecule has 0 aliphatic rings. The molecule has 146 valence electrons. The summed E-state index contributed by atoms with van der Waals surface area (Å²) in [7, 11) is 0. The Kier molecular flexibility index (Phi) is 6.58. The summed E-state index contributed by atoms with van der Waals surface area (Å²) in [6, 6.07) is 11.1. The van der Waals surface area contributed by atoms with Crippen molar-refractivity contribution in [3.63, 3.8) is 0 Å². The van der Waals surface area contributed by atoms with E-state index in [4.69, 9.17) is 10.5 Å². The van der Waals surface area contributed by atoms with Crippen molar-refractivity contribution in [2.75, 3.05) is 23.0 Å². The predicted molar refractivity (Wildman–Crippen MR) is 111 cm³/mol. The van der Waals surface area contributed by atoms with E-state index in [1.807, 2.05) is 30.3 Å². The SMILES string of the molecule is CC#CCOc1cnc(C(=O)Nc2cccc(CNc3cccnc3N)c2)cn1. The van der Waals surface area contributed by atoms with Crippen LogP contribution < -0.4 is 21.1 Å². The Morgan fingerprint density at radius 2 is 2.07 bits per heavy atom. The van der Waals surface area contributed by atoms with Gasteiger partial charge in [-0.3, -0.25) is 4.79 Å². The molecule has 3 rings (SSSR count). The fraction of sp³-hybridized carbons (Fsp3) is 0.143. The Hall–Kier alpha value is -4.12. The molecule has 0 radical (unpaired) electrons. The number of amides is 1. The molecule has 0 spiro atoms. The Bertz CT molecular complexity index is 1040. The molecule has 8 nitrogen and oxygen atoms in total. The fourth-order valence-corrected chi connectivity index (χ4v) is 2.41. The average Bonchev–Trinajstić information content (AvgIpc) is 2.74. The zero-order chi connectivity index (χ0) is 20.5. The zero-order valence-electron chi connectivity index (χ0n) is 15.8. The highest BCUT2D eigenvalue weighted by Gasteiger charge is 2.09. The van der Waals surface area contributed by atoms with Gasteiger partial charge >= 0.3 is 0 Å². The summed E-state index contributed by atoms with van der Waals surface area (Å²) >= 11 is 0. The van der Waals surface area contributed by atoms with Gasteiger partial charge in [0.1, 0.15) is 11.5 Å². The lowest BCUT2D eigenvalue weighted by atomic mass is 10.2. The number of nitrogens with two attached hydrogens (primary N) is 1. The van der Waals surface area contributed by atoms with Gasteiger partial charge in [-0.25, -0.2) is 15.0 Å². The maximum atomic E-state index is 12.4. The van der Waals surface area contributed by atoms with Crippen molar-refractivity contribution in [2.45, 2.75) is 13.5 Å². The second-order valence-corrected chi connectivity index (χ2v) is 5.90. The second kappa shape index (κ2) is 9.71. The summed E-state index contributed by atoms with van der Waals surface area (Å²) < 4.78 is 5.29. The molecule has 2 heterocycles. The van der Waals surface area contributed by atoms with E-state index < -0.39 is 0 Å². The molecule has 3 aromatic rings. The first kappa shape index (κ1) is 19.6. The van der Waals surface area contributed by atoms with Gasteiger partial charge in [-0.1, -0.05) is 18.1 Å². The smallest absolute Gasteiger partial charge is 0.275 e. The largest absolute Gasteiger partial charge is 0.463 e. The van der Waals surface area contributed by atoms with Gasteiger partial charge in [0.15, 0.2) is 6.61 Å². The van der Waals surface area contributed by atoms with Crippen LogP contribution in [0.4, 0.5) is 17.2 Å². The molecule has 0 saturated heterocycles. The number of anilines is 3. The van der Waals surface area contributed by atoms with Gasteiger partial charge in [-0.2, -0.15) is 0 Å².